The Morgan fingerprint density at radius 3 is 2.39 bits per heavy atom. The first kappa shape index (κ1) is 19.7. The molecule has 0 aliphatic heterocycles. The molecule has 4 heteroatoms. The van der Waals surface area contributed by atoms with Gasteiger partial charge in [-0.25, -0.2) is 8.42 Å². The van der Waals surface area contributed by atoms with Gasteiger partial charge >= 0.3 is 0 Å². The predicted octanol–water partition coefficient (Wildman–Crippen LogP) is 4.56. The van der Waals surface area contributed by atoms with Gasteiger partial charge < -0.3 is 5.11 Å². The van der Waals surface area contributed by atoms with Gasteiger partial charge in [-0.1, -0.05) is 56.9 Å². The number of aliphatic hydroxyl groups is 1. The van der Waals surface area contributed by atoms with Crippen LogP contribution in [0.15, 0.2) is 52.3 Å². The minimum Gasteiger partial charge on any atom is -0.389 e. The van der Waals surface area contributed by atoms with Crippen LogP contribution in [-0.4, -0.2) is 19.6 Å². The van der Waals surface area contributed by atoms with Crippen molar-refractivity contribution in [2.24, 2.45) is 0 Å². The maximum Gasteiger partial charge on any atom is 0.206 e. The third-order valence-corrected chi connectivity index (χ3v) is 5.37. The van der Waals surface area contributed by atoms with Crippen molar-refractivity contribution in [1.29, 1.82) is 0 Å². The number of unbranched alkanes of at least 4 members (excludes halogenated alkanes) is 2. The van der Waals surface area contributed by atoms with Gasteiger partial charge in [0.15, 0.2) is 0 Å². The Morgan fingerprint density at radius 2 is 1.83 bits per heavy atom. The third-order valence-electron chi connectivity index (χ3n) is 3.59. The molecule has 3 nitrogen and oxygen atoms in total. The number of allylic oxidation sites excluding steroid dienone is 2. The van der Waals surface area contributed by atoms with Crippen molar-refractivity contribution in [1.82, 2.24) is 0 Å². The van der Waals surface area contributed by atoms with Crippen LogP contribution >= 0.6 is 0 Å². The Kier molecular flexibility index (Phi) is 8.28. The summed E-state index contributed by atoms with van der Waals surface area (Å²) in [7, 11) is -3.60. The topological polar surface area (TPSA) is 54.4 Å². The van der Waals surface area contributed by atoms with Gasteiger partial charge in [0.2, 0.25) is 9.84 Å². The molecule has 0 radical (unpaired) electrons. The van der Waals surface area contributed by atoms with Crippen molar-refractivity contribution in [2.75, 3.05) is 0 Å². The Labute approximate surface area is 140 Å². The van der Waals surface area contributed by atoms with E-state index < -0.39 is 15.9 Å². The summed E-state index contributed by atoms with van der Waals surface area (Å²) in [4.78, 5) is 0.441. The fourth-order valence-electron chi connectivity index (χ4n) is 2.14. The summed E-state index contributed by atoms with van der Waals surface area (Å²) < 4.78 is 25.6. The molecule has 0 aliphatic carbocycles. The van der Waals surface area contributed by atoms with Crippen LogP contribution in [0.2, 0.25) is 0 Å². The first-order valence-corrected chi connectivity index (χ1v) is 9.78. The first-order valence-electron chi connectivity index (χ1n) is 8.30. The maximum absolute atomic E-state index is 12.8. The van der Waals surface area contributed by atoms with Gasteiger partial charge in [0, 0.05) is 0 Å². The van der Waals surface area contributed by atoms with Crippen molar-refractivity contribution < 1.29 is 13.5 Å². The Morgan fingerprint density at radius 1 is 1.17 bits per heavy atom. The van der Waals surface area contributed by atoms with E-state index in [-0.39, 0.29) is 9.80 Å². The number of hydrogen-bond donors (Lipinski definition) is 1. The van der Waals surface area contributed by atoms with E-state index >= 15 is 0 Å². The zero-order valence-corrected chi connectivity index (χ0v) is 15.1. The van der Waals surface area contributed by atoms with Crippen molar-refractivity contribution in [2.45, 2.75) is 63.9 Å². The normalized spacial score (nSPS) is 14.3. The van der Waals surface area contributed by atoms with Crippen molar-refractivity contribution in [3.63, 3.8) is 0 Å². The first-order chi connectivity index (χ1) is 10.9. The van der Waals surface area contributed by atoms with Crippen LogP contribution in [0.4, 0.5) is 0 Å². The summed E-state index contributed by atoms with van der Waals surface area (Å²) in [5.74, 6) is 0. The smallest absolute Gasteiger partial charge is 0.206 e. The monoisotopic (exact) mass is 336 g/mol. The molecule has 1 aromatic carbocycles. The van der Waals surface area contributed by atoms with Gasteiger partial charge in [-0.3, -0.25) is 0 Å². The standard InChI is InChI=1S/C19H28O3S/c1-4-6-8-10-19(15-17(20)9-7-5-2)23(21,22)18-13-11-16(3)12-14-18/h8,10-15,17,20H,4-7,9H2,1-3H3/t17-/m0/s1. The summed E-state index contributed by atoms with van der Waals surface area (Å²) in [6.45, 7) is 6.00. The van der Waals surface area contributed by atoms with Gasteiger partial charge in [-0.05, 0) is 44.1 Å². The molecule has 0 heterocycles. The van der Waals surface area contributed by atoms with E-state index in [0.29, 0.717) is 6.42 Å². The molecule has 1 aromatic rings. The highest BCUT2D eigenvalue weighted by Gasteiger charge is 2.19. The lowest BCUT2D eigenvalue weighted by molar-refractivity contribution is 0.209. The molecular formula is C19H28O3S. The Hall–Kier alpha value is -1.39. The fourth-order valence-corrected chi connectivity index (χ4v) is 3.52. The highest BCUT2D eigenvalue weighted by molar-refractivity contribution is 7.95. The lowest BCUT2D eigenvalue weighted by Gasteiger charge is -2.10. The van der Waals surface area contributed by atoms with Crippen molar-refractivity contribution >= 4 is 9.84 Å². The largest absolute Gasteiger partial charge is 0.389 e. The van der Waals surface area contributed by atoms with E-state index in [1.54, 1.807) is 30.3 Å². The fraction of sp³-hybridized carbons (Fsp3) is 0.474. The molecule has 0 fully saturated rings. The molecule has 1 atom stereocenters. The molecule has 0 saturated heterocycles. The number of rotatable bonds is 9. The quantitative estimate of drug-likeness (QED) is 0.673. The molecule has 23 heavy (non-hydrogen) atoms. The molecule has 0 unspecified atom stereocenters. The second kappa shape index (κ2) is 9.68. The van der Waals surface area contributed by atoms with E-state index in [1.807, 2.05) is 26.8 Å². The molecular weight excluding hydrogens is 308 g/mol. The van der Waals surface area contributed by atoms with Crippen molar-refractivity contribution in [3.8, 4) is 0 Å². The molecule has 0 aliphatic rings. The third kappa shape index (κ3) is 6.32. The van der Waals surface area contributed by atoms with Gasteiger partial charge in [0.25, 0.3) is 0 Å². The summed E-state index contributed by atoms with van der Waals surface area (Å²) >= 11 is 0. The van der Waals surface area contributed by atoms with Gasteiger partial charge in [0.05, 0.1) is 15.9 Å². The summed E-state index contributed by atoms with van der Waals surface area (Å²) in [5.41, 5.74) is 1.01. The highest BCUT2D eigenvalue weighted by Crippen LogP contribution is 2.22. The minimum absolute atomic E-state index is 0.179. The zero-order valence-electron chi connectivity index (χ0n) is 14.3. The SMILES string of the molecule is CCCC=CC(=C[C@@H](O)CCCC)S(=O)(=O)c1ccc(C)cc1. The van der Waals surface area contributed by atoms with E-state index in [0.717, 1.165) is 31.2 Å². The second-order valence-electron chi connectivity index (χ2n) is 5.79. The van der Waals surface area contributed by atoms with Crippen LogP contribution in [0.3, 0.4) is 0 Å². The van der Waals surface area contributed by atoms with Gasteiger partial charge in [-0.2, -0.15) is 0 Å². The number of aliphatic hydroxyl groups excluding tert-OH is 1. The summed E-state index contributed by atoms with van der Waals surface area (Å²) in [6, 6.07) is 6.80. The molecule has 0 bridgehead atoms. The van der Waals surface area contributed by atoms with E-state index in [1.165, 1.54) is 6.08 Å². The van der Waals surface area contributed by atoms with Crippen LogP contribution in [0.5, 0.6) is 0 Å². The van der Waals surface area contributed by atoms with E-state index in [2.05, 4.69) is 0 Å². The van der Waals surface area contributed by atoms with E-state index in [4.69, 9.17) is 0 Å². The average molecular weight is 336 g/mol. The molecule has 0 saturated carbocycles. The minimum atomic E-state index is -3.60. The van der Waals surface area contributed by atoms with Crippen LogP contribution in [0, 0.1) is 6.92 Å². The molecule has 1 rings (SSSR count). The number of aryl methyl sites for hydroxylation is 1. The van der Waals surface area contributed by atoms with Gasteiger partial charge in [0.1, 0.15) is 0 Å². The molecule has 0 amide bonds. The molecule has 128 valence electrons. The van der Waals surface area contributed by atoms with Crippen LogP contribution in [-0.2, 0) is 9.84 Å². The molecule has 0 aromatic heterocycles. The zero-order chi connectivity index (χ0) is 17.3. The van der Waals surface area contributed by atoms with Crippen molar-refractivity contribution in [3.05, 3.63) is 53.0 Å². The molecule has 1 N–H and O–H groups in total. The Balaban J connectivity index is 3.16. The van der Waals surface area contributed by atoms with Crippen LogP contribution in [0.1, 0.15) is 51.5 Å². The molecule has 0 spiro atoms. The summed E-state index contributed by atoms with van der Waals surface area (Å²) in [5, 5.41) is 10.1. The average Bonchev–Trinajstić information content (AvgIpc) is 2.52. The lowest BCUT2D eigenvalue weighted by Crippen LogP contribution is -2.09. The number of sulfone groups is 1. The van der Waals surface area contributed by atoms with Crippen LogP contribution in [0.25, 0.3) is 0 Å². The van der Waals surface area contributed by atoms with E-state index in [9.17, 15) is 13.5 Å². The number of hydrogen-bond acceptors (Lipinski definition) is 3. The van der Waals surface area contributed by atoms with Gasteiger partial charge in [-0.15, -0.1) is 0 Å². The second-order valence-corrected chi connectivity index (χ2v) is 7.74. The van der Waals surface area contributed by atoms with Crippen LogP contribution < -0.4 is 0 Å². The Bertz CT molecular complexity index is 625. The number of benzene rings is 1. The lowest BCUT2D eigenvalue weighted by atomic mass is 10.1. The maximum atomic E-state index is 12.8. The summed E-state index contributed by atoms with van der Waals surface area (Å²) in [6.07, 6.45) is 8.38. The predicted molar refractivity (Wildman–Crippen MR) is 96.0 cm³/mol. The highest BCUT2D eigenvalue weighted by atomic mass is 32.2.